The van der Waals surface area contributed by atoms with Gasteiger partial charge in [-0.05, 0) is 19.1 Å². The maximum Gasteiger partial charge on any atom is 0.252 e. The molecule has 0 saturated heterocycles. The molecule has 0 saturated carbocycles. The molecular formula is C10H13NO2. The lowest BCUT2D eigenvalue weighted by molar-refractivity contribution is -0.121. The Morgan fingerprint density at radius 1 is 1.38 bits per heavy atom. The molecule has 0 unspecified atom stereocenters. The van der Waals surface area contributed by atoms with Crippen molar-refractivity contribution in [1.82, 2.24) is 0 Å². The van der Waals surface area contributed by atoms with Gasteiger partial charge < -0.3 is 10.0 Å². The summed E-state index contributed by atoms with van der Waals surface area (Å²) in [6.45, 7) is 2.01. The molecule has 0 aliphatic heterocycles. The molecule has 70 valence electrons. The summed E-state index contributed by atoms with van der Waals surface area (Å²) in [6.07, 6.45) is 0. The van der Waals surface area contributed by atoms with Crippen molar-refractivity contribution in [2.24, 2.45) is 0 Å². The van der Waals surface area contributed by atoms with Crippen LogP contribution in [-0.2, 0) is 4.79 Å². The molecule has 0 fully saturated rings. The van der Waals surface area contributed by atoms with E-state index in [4.69, 9.17) is 5.11 Å². The normalized spacial score (nSPS) is 9.69. The van der Waals surface area contributed by atoms with Crippen LogP contribution in [0.1, 0.15) is 6.92 Å². The van der Waals surface area contributed by atoms with Crippen LogP contribution in [0.3, 0.4) is 0 Å². The number of nitrogens with zero attached hydrogens (tertiary/aromatic N) is 1. The Morgan fingerprint density at radius 3 is 2.46 bits per heavy atom. The molecule has 0 aliphatic rings. The highest BCUT2D eigenvalue weighted by Crippen LogP contribution is 2.12. The molecule has 3 nitrogen and oxygen atoms in total. The zero-order valence-corrected chi connectivity index (χ0v) is 7.60. The number of aliphatic hydroxyl groups is 1. The average Bonchev–Trinajstić information content (AvgIpc) is 2.20. The molecule has 1 rings (SSSR count). The first-order valence-electron chi connectivity index (χ1n) is 4.26. The van der Waals surface area contributed by atoms with Gasteiger partial charge in [-0.3, -0.25) is 4.79 Å². The molecule has 13 heavy (non-hydrogen) atoms. The van der Waals surface area contributed by atoms with E-state index in [1.54, 1.807) is 4.90 Å². The Hall–Kier alpha value is -1.35. The van der Waals surface area contributed by atoms with Crippen LogP contribution >= 0.6 is 0 Å². The maximum atomic E-state index is 11.2. The van der Waals surface area contributed by atoms with Crippen LogP contribution in [0.2, 0.25) is 0 Å². The van der Waals surface area contributed by atoms with Gasteiger partial charge in [0.05, 0.1) is 0 Å². The van der Waals surface area contributed by atoms with E-state index < -0.39 is 6.61 Å². The van der Waals surface area contributed by atoms with E-state index in [0.717, 1.165) is 5.69 Å². The van der Waals surface area contributed by atoms with Crippen molar-refractivity contribution in [3.05, 3.63) is 30.3 Å². The van der Waals surface area contributed by atoms with E-state index in [-0.39, 0.29) is 5.91 Å². The fourth-order valence-electron chi connectivity index (χ4n) is 1.20. The molecule has 1 aromatic rings. The second-order valence-electron chi connectivity index (χ2n) is 2.63. The summed E-state index contributed by atoms with van der Waals surface area (Å²) in [5, 5.41) is 8.71. The van der Waals surface area contributed by atoms with E-state index >= 15 is 0 Å². The second kappa shape index (κ2) is 4.62. The largest absolute Gasteiger partial charge is 0.387 e. The van der Waals surface area contributed by atoms with E-state index in [1.807, 2.05) is 37.3 Å². The standard InChI is InChI=1S/C10H13NO2/c1-2-11(10(13)8-12)9-6-4-3-5-7-9/h3-7,12H,2,8H2,1H3. The highest BCUT2D eigenvalue weighted by Gasteiger charge is 2.10. The van der Waals surface area contributed by atoms with Crippen LogP contribution in [-0.4, -0.2) is 24.2 Å². The fraction of sp³-hybridized carbons (Fsp3) is 0.300. The van der Waals surface area contributed by atoms with E-state index in [2.05, 4.69) is 0 Å². The number of hydrogen-bond acceptors (Lipinski definition) is 2. The quantitative estimate of drug-likeness (QED) is 0.753. The van der Waals surface area contributed by atoms with Gasteiger partial charge in [-0.15, -0.1) is 0 Å². The number of para-hydroxylation sites is 1. The summed E-state index contributed by atoms with van der Waals surface area (Å²) in [5.41, 5.74) is 0.823. The minimum Gasteiger partial charge on any atom is -0.387 e. The lowest BCUT2D eigenvalue weighted by Crippen LogP contribution is -2.32. The van der Waals surface area contributed by atoms with Crippen LogP contribution in [0, 0.1) is 0 Å². The van der Waals surface area contributed by atoms with Crippen molar-refractivity contribution in [1.29, 1.82) is 0 Å². The molecule has 3 heteroatoms. The van der Waals surface area contributed by atoms with Gasteiger partial charge in [-0.25, -0.2) is 0 Å². The van der Waals surface area contributed by atoms with Gasteiger partial charge in [-0.1, -0.05) is 18.2 Å². The number of rotatable bonds is 3. The van der Waals surface area contributed by atoms with Gasteiger partial charge in [0.25, 0.3) is 5.91 Å². The van der Waals surface area contributed by atoms with Crippen LogP contribution in [0.15, 0.2) is 30.3 Å². The fourth-order valence-corrected chi connectivity index (χ4v) is 1.20. The van der Waals surface area contributed by atoms with Gasteiger partial charge in [0.15, 0.2) is 0 Å². The molecule has 0 aliphatic carbocycles. The van der Waals surface area contributed by atoms with Crippen molar-refractivity contribution in [2.75, 3.05) is 18.1 Å². The van der Waals surface area contributed by atoms with Crippen LogP contribution in [0.5, 0.6) is 0 Å². The summed E-state index contributed by atoms with van der Waals surface area (Å²) in [7, 11) is 0. The van der Waals surface area contributed by atoms with E-state index in [9.17, 15) is 4.79 Å². The van der Waals surface area contributed by atoms with E-state index in [1.165, 1.54) is 0 Å². The number of carbonyl (C=O) groups excluding carboxylic acids is 1. The van der Waals surface area contributed by atoms with Crippen LogP contribution in [0.25, 0.3) is 0 Å². The molecule has 0 bridgehead atoms. The Balaban J connectivity index is 2.85. The predicted octanol–water partition coefficient (Wildman–Crippen LogP) is 1.03. The van der Waals surface area contributed by atoms with Crippen molar-refractivity contribution in [3.63, 3.8) is 0 Å². The molecule has 0 heterocycles. The topological polar surface area (TPSA) is 40.5 Å². The highest BCUT2D eigenvalue weighted by molar-refractivity contribution is 5.93. The second-order valence-corrected chi connectivity index (χ2v) is 2.63. The molecule has 0 aromatic heterocycles. The lowest BCUT2D eigenvalue weighted by atomic mass is 10.3. The summed E-state index contributed by atoms with van der Waals surface area (Å²) >= 11 is 0. The first-order valence-corrected chi connectivity index (χ1v) is 4.26. The number of hydrogen-bond donors (Lipinski definition) is 1. The molecule has 1 aromatic carbocycles. The van der Waals surface area contributed by atoms with Crippen molar-refractivity contribution in [3.8, 4) is 0 Å². The molecule has 0 radical (unpaired) electrons. The smallest absolute Gasteiger partial charge is 0.252 e. The van der Waals surface area contributed by atoms with Gasteiger partial charge in [-0.2, -0.15) is 0 Å². The molecule has 0 atom stereocenters. The summed E-state index contributed by atoms with van der Waals surface area (Å²) < 4.78 is 0. The number of amides is 1. The van der Waals surface area contributed by atoms with Crippen molar-refractivity contribution < 1.29 is 9.90 Å². The zero-order valence-electron chi connectivity index (χ0n) is 7.60. The third-order valence-electron chi connectivity index (χ3n) is 1.82. The maximum absolute atomic E-state index is 11.2. The minimum absolute atomic E-state index is 0.270. The third-order valence-corrected chi connectivity index (χ3v) is 1.82. The summed E-state index contributed by atoms with van der Waals surface area (Å²) in [6, 6.07) is 9.31. The van der Waals surface area contributed by atoms with Gasteiger partial charge >= 0.3 is 0 Å². The summed E-state index contributed by atoms with van der Waals surface area (Å²) in [4.78, 5) is 12.8. The van der Waals surface area contributed by atoms with Crippen LogP contribution in [0.4, 0.5) is 5.69 Å². The Morgan fingerprint density at radius 2 is 2.00 bits per heavy atom. The number of likely N-dealkylation sites (N-methyl/N-ethyl adjacent to an activating group) is 1. The van der Waals surface area contributed by atoms with Gasteiger partial charge in [0, 0.05) is 12.2 Å². The first-order chi connectivity index (χ1) is 6.29. The van der Waals surface area contributed by atoms with Crippen molar-refractivity contribution in [2.45, 2.75) is 6.92 Å². The predicted molar refractivity (Wildman–Crippen MR) is 51.6 cm³/mol. The monoisotopic (exact) mass is 179 g/mol. The molecule has 0 spiro atoms. The van der Waals surface area contributed by atoms with Gasteiger partial charge in [0.2, 0.25) is 0 Å². The third kappa shape index (κ3) is 2.29. The van der Waals surface area contributed by atoms with Crippen LogP contribution < -0.4 is 4.90 Å². The molecule has 1 N–H and O–H groups in total. The SMILES string of the molecule is CCN(C(=O)CO)c1ccccc1. The molecular weight excluding hydrogens is 166 g/mol. The number of aliphatic hydroxyl groups excluding tert-OH is 1. The highest BCUT2D eigenvalue weighted by atomic mass is 16.3. The zero-order chi connectivity index (χ0) is 9.68. The Kier molecular flexibility index (Phi) is 3.46. The average molecular weight is 179 g/mol. The Bertz CT molecular complexity index is 272. The number of anilines is 1. The number of carbonyl (C=O) groups is 1. The Labute approximate surface area is 77.6 Å². The molecule has 1 amide bonds. The summed E-state index contributed by atoms with van der Waals surface area (Å²) in [5.74, 6) is -0.270. The minimum atomic E-state index is -0.442. The lowest BCUT2D eigenvalue weighted by Gasteiger charge is -2.19. The van der Waals surface area contributed by atoms with Crippen molar-refractivity contribution >= 4 is 11.6 Å². The first kappa shape index (κ1) is 9.74. The van der Waals surface area contributed by atoms with Gasteiger partial charge in [0.1, 0.15) is 6.61 Å². The van der Waals surface area contributed by atoms with E-state index in [0.29, 0.717) is 6.54 Å². The number of benzene rings is 1.